The Bertz CT molecular complexity index is 334. The Morgan fingerprint density at radius 3 is 2.71 bits per heavy atom. The summed E-state index contributed by atoms with van der Waals surface area (Å²) in [4.78, 5) is 0. The van der Waals surface area contributed by atoms with E-state index in [1.807, 2.05) is 32.2 Å². The summed E-state index contributed by atoms with van der Waals surface area (Å²) in [6.07, 6.45) is 0.724. The zero-order valence-electron chi connectivity index (χ0n) is 8.85. The fraction of sp³-hybridized carbons (Fsp3) is 0.364. The van der Waals surface area contributed by atoms with E-state index in [1.165, 1.54) is 0 Å². The molecule has 3 heteroatoms. The van der Waals surface area contributed by atoms with Crippen molar-refractivity contribution in [2.45, 2.75) is 13.3 Å². The van der Waals surface area contributed by atoms with E-state index >= 15 is 0 Å². The molecule has 0 heterocycles. The average molecular weight is 192 g/mol. The molecule has 0 radical (unpaired) electrons. The van der Waals surface area contributed by atoms with Crippen molar-refractivity contribution in [3.8, 4) is 5.75 Å². The molecule has 1 aromatic carbocycles. The van der Waals surface area contributed by atoms with Gasteiger partial charge >= 0.3 is 0 Å². The monoisotopic (exact) mass is 192 g/mol. The van der Waals surface area contributed by atoms with Crippen LogP contribution in [0.3, 0.4) is 0 Å². The molecule has 0 saturated heterocycles. The molecule has 0 aromatic heterocycles. The lowest BCUT2D eigenvalue weighted by Crippen LogP contribution is -2.03. The molecule has 2 N–H and O–H groups in total. The Morgan fingerprint density at radius 1 is 1.50 bits per heavy atom. The molecular formula is C11H16N2O. The number of methoxy groups -OCH3 is 1. The summed E-state index contributed by atoms with van der Waals surface area (Å²) in [5.74, 6) is 0.789. The van der Waals surface area contributed by atoms with Crippen molar-refractivity contribution in [1.82, 2.24) is 0 Å². The molecule has 0 aliphatic heterocycles. The van der Waals surface area contributed by atoms with Crippen molar-refractivity contribution in [2.75, 3.05) is 19.5 Å². The number of anilines is 1. The lowest BCUT2D eigenvalue weighted by Gasteiger charge is -2.10. The third kappa shape index (κ3) is 2.05. The van der Waals surface area contributed by atoms with E-state index in [1.54, 1.807) is 7.11 Å². The Kier molecular flexibility index (Phi) is 3.51. The van der Waals surface area contributed by atoms with Gasteiger partial charge in [-0.3, -0.25) is 0 Å². The van der Waals surface area contributed by atoms with Crippen LogP contribution in [0.4, 0.5) is 5.69 Å². The van der Waals surface area contributed by atoms with Crippen molar-refractivity contribution in [1.29, 1.82) is 5.41 Å². The zero-order valence-corrected chi connectivity index (χ0v) is 8.85. The smallest absolute Gasteiger partial charge is 0.119 e. The largest absolute Gasteiger partial charge is 0.497 e. The first kappa shape index (κ1) is 10.6. The molecule has 0 fully saturated rings. The molecule has 0 spiro atoms. The topological polar surface area (TPSA) is 45.1 Å². The highest BCUT2D eigenvalue weighted by Crippen LogP contribution is 2.22. The second-order valence-electron chi connectivity index (χ2n) is 2.99. The van der Waals surface area contributed by atoms with Gasteiger partial charge in [0.1, 0.15) is 5.75 Å². The summed E-state index contributed by atoms with van der Waals surface area (Å²) in [6, 6.07) is 5.70. The summed E-state index contributed by atoms with van der Waals surface area (Å²) in [5.41, 5.74) is 2.50. The third-order valence-electron chi connectivity index (χ3n) is 2.17. The van der Waals surface area contributed by atoms with Crippen LogP contribution in [-0.2, 0) is 0 Å². The summed E-state index contributed by atoms with van der Waals surface area (Å²) in [6.45, 7) is 1.97. The Hall–Kier alpha value is -1.51. The van der Waals surface area contributed by atoms with Gasteiger partial charge < -0.3 is 15.5 Å². The Labute approximate surface area is 84.6 Å². The molecule has 0 aliphatic rings. The Balaban J connectivity index is 3.14. The minimum absolute atomic E-state index is 0.619. The first-order chi connectivity index (χ1) is 6.72. The van der Waals surface area contributed by atoms with E-state index in [0.29, 0.717) is 5.71 Å². The number of ether oxygens (including phenoxy) is 1. The van der Waals surface area contributed by atoms with Gasteiger partial charge in [-0.2, -0.15) is 0 Å². The molecular weight excluding hydrogens is 176 g/mol. The SMILES string of the molecule is CCC(=N)c1cc(OC)ccc1NC. The van der Waals surface area contributed by atoms with Crippen molar-refractivity contribution in [2.24, 2.45) is 0 Å². The van der Waals surface area contributed by atoms with E-state index in [9.17, 15) is 0 Å². The molecule has 0 atom stereocenters. The molecule has 1 rings (SSSR count). The van der Waals surface area contributed by atoms with Crippen molar-refractivity contribution < 1.29 is 4.74 Å². The van der Waals surface area contributed by atoms with Gasteiger partial charge in [0.05, 0.1) is 7.11 Å². The maximum atomic E-state index is 7.80. The fourth-order valence-corrected chi connectivity index (χ4v) is 1.31. The molecule has 0 unspecified atom stereocenters. The van der Waals surface area contributed by atoms with Gasteiger partial charge in [0.25, 0.3) is 0 Å². The highest BCUT2D eigenvalue weighted by molar-refractivity contribution is 6.03. The number of hydrogen-bond acceptors (Lipinski definition) is 3. The standard InChI is InChI=1S/C11H16N2O/c1-4-10(12)9-7-8(14-3)5-6-11(9)13-2/h5-7,12-13H,4H2,1-3H3. The van der Waals surface area contributed by atoms with Gasteiger partial charge in [0.15, 0.2) is 0 Å². The van der Waals surface area contributed by atoms with Crippen LogP contribution in [0.1, 0.15) is 18.9 Å². The summed E-state index contributed by atoms with van der Waals surface area (Å²) in [7, 11) is 3.49. The first-order valence-electron chi connectivity index (χ1n) is 4.66. The molecule has 0 saturated carbocycles. The van der Waals surface area contributed by atoms with Gasteiger partial charge in [-0.1, -0.05) is 6.92 Å². The minimum Gasteiger partial charge on any atom is -0.497 e. The van der Waals surface area contributed by atoms with Gasteiger partial charge in [-0.15, -0.1) is 0 Å². The van der Waals surface area contributed by atoms with Crippen LogP contribution < -0.4 is 10.1 Å². The van der Waals surface area contributed by atoms with Crippen LogP contribution in [0.25, 0.3) is 0 Å². The van der Waals surface area contributed by atoms with Crippen LogP contribution in [-0.4, -0.2) is 19.9 Å². The maximum Gasteiger partial charge on any atom is 0.119 e. The van der Waals surface area contributed by atoms with Crippen molar-refractivity contribution >= 4 is 11.4 Å². The molecule has 0 aliphatic carbocycles. The minimum atomic E-state index is 0.619. The van der Waals surface area contributed by atoms with Gasteiger partial charge in [0.2, 0.25) is 0 Å². The number of benzene rings is 1. The van der Waals surface area contributed by atoms with Gasteiger partial charge in [-0.25, -0.2) is 0 Å². The van der Waals surface area contributed by atoms with E-state index in [-0.39, 0.29) is 0 Å². The predicted octanol–water partition coefficient (Wildman–Crippen LogP) is 2.51. The molecule has 0 bridgehead atoms. The lowest BCUT2D eigenvalue weighted by molar-refractivity contribution is 0.415. The van der Waals surface area contributed by atoms with Crippen LogP contribution in [0.2, 0.25) is 0 Å². The predicted molar refractivity (Wildman–Crippen MR) is 59.7 cm³/mol. The molecule has 3 nitrogen and oxygen atoms in total. The normalized spacial score (nSPS) is 9.64. The van der Waals surface area contributed by atoms with Crippen LogP contribution >= 0.6 is 0 Å². The maximum absolute atomic E-state index is 7.80. The highest BCUT2D eigenvalue weighted by Gasteiger charge is 2.06. The Morgan fingerprint density at radius 2 is 2.21 bits per heavy atom. The second kappa shape index (κ2) is 4.65. The fourth-order valence-electron chi connectivity index (χ4n) is 1.31. The summed E-state index contributed by atoms with van der Waals surface area (Å²) < 4.78 is 5.12. The highest BCUT2D eigenvalue weighted by atomic mass is 16.5. The quantitative estimate of drug-likeness (QED) is 0.720. The lowest BCUT2D eigenvalue weighted by atomic mass is 10.1. The molecule has 14 heavy (non-hydrogen) atoms. The number of rotatable bonds is 4. The molecule has 1 aromatic rings. The first-order valence-corrected chi connectivity index (χ1v) is 4.66. The van der Waals surface area contributed by atoms with Crippen LogP contribution in [0.15, 0.2) is 18.2 Å². The van der Waals surface area contributed by atoms with E-state index in [2.05, 4.69) is 5.32 Å². The van der Waals surface area contributed by atoms with E-state index < -0.39 is 0 Å². The van der Waals surface area contributed by atoms with E-state index in [0.717, 1.165) is 23.4 Å². The van der Waals surface area contributed by atoms with Crippen molar-refractivity contribution in [3.05, 3.63) is 23.8 Å². The van der Waals surface area contributed by atoms with Gasteiger partial charge in [-0.05, 0) is 24.6 Å². The van der Waals surface area contributed by atoms with Crippen LogP contribution in [0, 0.1) is 5.41 Å². The average Bonchev–Trinajstić information content (AvgIpc) is 2.27. The number of nitrogens with one attached hydrogen (secondary N) is 2. The summed E-state index contributed by atoms with van der Waals surface area (Å²) in [5, 5.41) is 10.9. The molecule has 0 amide bonds. The number of hydrogen-bond donors (Lipinski definition) is 2. The van der Waals surface area contributed by atoms with E-state index in [4.69, 9.17) is 10.1 Å². The van der Waals surface area contributed by atoms with Gasteiger partial charge in [0, 0.05) is 24.0 Å². The molecule has 76 valence electrons. The van der Waals surface area contributed by atoms with Crippen molar-refractivity contribution in [3.63, 3.8) is 0 Å². The summed E-state index contributed by atoms with van der Waals surface area (Å²) >= 11 is 0. The second-order valence-corrected chi connectivity index (χ2v) is 2.99. The van der Waals surface area contributed by atoms with Crippen LogP contribution in [0.5, 0.6) is 5.75 Å². The zero-order chi connectivity index (χ0) is 10.6. The third-order valence-corrected chi connectivity index (χ3v) is 2.17.